The fourth-order valence-electron chi connectivity index (χ4n) is 2.61. The van der Waals surface area contributed by atoms with Gasteiger partial charge in [-0.1, -0.05) is 12.5 Å². The predicted molar refractivity (Wildman–Crippen MR) is 76.6 cm³/mol. The van der Waals surface area contributed by atoms with Crippen LogP contribution in [0.4, 0.5) is 5.69 Å². The second-order valence-corrected chi connectivity index (χ2v) is 5.16. The van der Waals surface area contributed by atoms with Crippen LogP contribution in [0.25, 0.3) is 0 Å². The molecule has 1 heterocycles. The lowest BCUT2D eigenvalue weighted by Gasteiger charge is -2.33. The number of anilines is 1. The van der Waals surface area contributed by atoms with Crippen LogP contribution in [0.1, 0.15) is 35.2 Å². The average molecular weight is 276 g/mol. The monoisotopic (exact) mass is 276 g/mol. The third-order valence-electron chi connectivity index (χ3n) is 3.75. The molecule has 1 aromatic carbocycles. The summed E-state index contributed by atoms with van der Waals surface area (Å²) in [6.07, 6.45) is 2.85. The lowest BCUT2D eigenvalue weighted by atomic mass is 10.00. The normalized spacial score (nSPS) is 19.7. The van der Waals surface area contributed by atoms with Crippen molar-refractivity contribution in [1.82, 2.24) is 4.90 Å². The average Bonchev–Trinajstić information content (AvgIpc) is 2.41. The fourth-order valence-corrected chi connectivity index (χ4v) is 2.61. The van der Waals surface area contributed by atoms with Gasteiger partial charge in [0.1, 0.15) is 0 Å². The van der Waals surface area contributed by atoms with Crippen LogP contribution in [0.5, 0.6) is 0 Å². The zero-order chi connectivity index (χ0) is 14.7. The van der Waals surface area contributed by atoms with Gasteiger partial charge in [0.05, 0.1) is 6.04 Å². The zero-order valence-electron chi connectivity index (χ0n) is 11.3. The summed E-state index contributed by atoms with van der Waals surface area (Å²) in [5.74, 6) is -0.798. The third kappa shape index (κ3) is 3.08. The molecule has 0 spiro atoms. The summed E-state index contributed by atoms with van der Waals surface area (Å²) in [5, 5.41) is 0. The van der Waals surface area contributed by atoms with Crippen molar-refractivity contribution in [2.45, 2.75) is 31.8 Å². The fraction of sp³-hybridized carbons (Fsp3) is 0.429. The van der Waals surface area contributed by atoms with Gasteiger partial charge in [0, 0.05) is 17.8 Å². The maximum absolute atomic E-state index is 11.5. The largest absolute Gasteiger partial charge is 0.398 e. The van der Waals surface area contributed by atoms with Crippen LogP contribution in [0, 0.1) is 0 Å². The van der Waals surface area contributed by atoms with Crippen molar-refractivity contribution < 1.29 is 9.59 Å². The maximum atomic E-state index is 11.5. The first-order valence-corrected chi connectivity index (χ1v) is 6.70. The van der Waals surface area contributed by atoms with E-state index in [1.54, 1.807) is 18.2 Å². The number of hydrogen-bond donors (Lipinski definition) is 3. The van der Waals surface area contributed by atoms with E-state index in [9.17, 15) is 9.59 Å². The molecule has 1 aromatic rings. The molecular formula is C14H20N4O2. The summed E-state index contributed by atoms with van der Waals surface area (Å²) in [6.45, 7) is 1.38. The molecule has 20 heavy (non-hydrogen) atoms. The van der Waals surface area contributed by atoms with Crippen LogP contribution in [-0.2, 0) is 11.3 Å². The standard InChI is InChI=1S/C14H20N4O2/c15-11-7-9(13(16)19)4-5-10(11)8-18-6-2-1-3-12(18)14(17)20/h4-5,7,12H,1-3,6,8,15H2,(H2,16,19)(H2,17,20). The SMILES string of the molecule is NC(=O)c1ccc(CN2CCCCC2C(N)=O)c(N)c1. The third-order valence-corrected chi connectivity index (χ3v) is 3.75. The Hall–Kier alpha value is -2.08. The lowest BCUT2D eigenvalue weighted by Crippen LogP contribution is -2.47. The number of nitrogens with two attached hydrogens (primary N) is 3. The van der Waals surface area contributed by atoms with Crippen molar-refractivity contribution in [2.24, 2.45) is 11.5 Å². The highest BCUT2D eigenvalue weighted by Crippen LogP contribution is 2.22. The molecule has 1 unspecified atom stereocenters. The summed E-state index contributed by atoms with van der Waals surface area (Å²) in [6, 6.07) is 4.76. The van der Waals surface area contributed by atoms with E-state index in [0.717, 1.165) is 31.4 Å². The smallest absolute Gasteiger partial charge is 0.248 e. The number of benzene rings is 1. The molecule has 2 amide bonds. The molecule has 0 aliphatic carbocycles. The van der Waals surface area contributed by atoms with Crippen molar-refractivity contribution >= 4 is 17.5 Å². The number of likely N-dealkylation sites (tertiary alicyclic amines) is 1. The van der Waals surface area contributed by atoms with Crippen molar-refractivity contribution in [1.29, 1.82) is 0 Å². The van der Waals surface area contributed by atoms with E-state index in [2.05, 4.69) is 0 Å². The number of carbonyl (C=O) groups excluding carboxylic acids is 2. The van der Waals surface area contributed by atoms with Gasteiger partial charge in [-0.05, 0) is 37.1 Å². The molecule has 1 fully saturated rings. The maximum Gasteiger partial charge on any atom is 0.248 e. The minimum atomic E-state index is -0.503. The molecule has 6 nitrogen and oxygen atoms in total. The Morgan fingerprint density at radius 2 is 2.00 bits per heavy atom. The van der Waals surface area contributed by atoms with Gasteiger partial charge in [-0.15, -0.1) is 0 Å². The first kappa shape index (κ1) is 14.3. The second-order valence-electron chi connectivity index (χ2n) is 5.16. The van der Waals surface area contributed by atoms with Gasteiger partial charge in [-0.2, -0.15) is 0 Å². The van der Waals surface area contributed by atoms with E-state index in [1.807, 2.05) is 4.90 Å². The number of primary amides is 2. The number of nitrogens with zero attached hydrogens (tertiary/aromatic N) is 1. The molecule has 6 N–H and O–H groups in total. The van der Waals surface area contributed by atoms with Crippen LogP contribution in [0.3, 0.4) is 0 Å². The molecule has 108 valence electrons. The number of nitrogen functional groups attached to an aromatic ring is 1. The van der Waals surface area contributed by atoms with Crippen LogP contribution in [0.2, 0.25) is 0 Å². The Labute approximate surface area is 117 Å². The van der Waals surface area contributed by atoms with Crippen LogP contribution >= 0.6 is 0 Å². The van der Waals surface area contributed by atoms with E-state index < -0.39 is 5.91 Å². The number of rotatable bonds is 4. The number of piperidine rings is 1. The molecule has 1 saturated heterocycles. The molecule has 0 saturated carbocycles. The van der Waals surface area contributed by atoms with Gasteiger partial charge < -0.3 is 17.2 Å². The van der Waals surface area contributed by atoms with E-state index >= 15 is 0 Å². The molecule has 0 radical (unpaired) electrons. The van der Waals surface area contributed by atoms with Gasteiger partial charge >= 0.3 is 0 Å². The molecule has 0 bridgehead atoms. The van der Waals surface area contributed by atoms with Gasteiger partial charge in [0.2, 0.25) is 11.8 Å². The zero-order valence-corrected chi connectivity index (χ0v) is 11.3. The minimum Gasteiger partial charge on any atom is -0.398 e. The van der Waals surface area contributed by atoms with Gasteiger partial charge in [-0.25, -0.2) is 0 Å². The Morgan fingerprint density at radius 3 is 2.60 bits per heavy atom. The molecule has 1 aliphatic rings. The number of amides is 2. The molecule has 2 rings (SSSR count). The lowest BCUT2D eigenvalue weighted by molar-refractivity contribution is -0.124. The second kappa shape index (κ2) is 5.92. The van der Waals surface area contributed by atoms with Crippen LogP contribution < -0.4 is 17.2 Å². The summed E-state index contributed by atoms with van der Waals surface area (Å²) >= 11 is 0. The number of carbonyl (C=O) groups is 2. The Morgan fingerprint density at radius 1 is 1.25 bits per heavy atom. The van der Waals surface area contributed by atoms with Gasteiger partial charge in [0.25, 0.3) is 0 Å². The molecule has 0 aromatic heterocycles. The van der Waals surface area contributed by atoms with E-state index in [1.165, 1.54) is 0 Å². The Kier molecular flexibility index (Phi) is 4.24. The van der Waals surface area contributed by atoms with Crippen LogP contribution in [-0.4, -0.2) is 29.3 Å². The van der Waals surface area contributed by atoms with Crippen molar-refractivity contribution in [2.75, 3.05) is 12.3 Å². The Bertz CT molecular complexity index is 530. The van der Waals surface area contributed by atoms with Crippen LogP contribution in [0.15, 0.2) is 18.2 Å². The number of hydrogen-bond acceptors (Lipinski definition) is 4. The van der Waals surface area contributed by atoms with Crippen molar-refractivity contribution in [3.05, 3.63) is 29.3 Å². The van der Waals surface area contributed by atoms with Gasteiger partial charge in [0.15, 0.2) is 0 Å². The summed E-state index contributed by atoms with van der Waals surface area (Å²) in [4.78, 5) is 24.6. The highest BCUT2D eigenvalue weighted by Gasteiger charge is 2.27. The van der Waals surface area contributed by atoms with Gasteiger partial charge in [-0.3, -0.25) is 14.5 Å². The molecular weight excluding hydrogens is 256 g/mol. The highest BCUT2D eigenvalue weighted by molar-refractivity contribution is 5.93. The van der Waals surface area contributed by atoms with E-state index in [0.29, 0.717) is 17.8 Å². The Balaban J connectivity index is 2.16. The summed E-state index contributed by atoms with van der Waals surface area (Å²) in [5.41, 5.74) is 18.4. The first-order valence-electron chi connectivity index (χ1n) is 6.70. The highest BCUT2D eigenvalue weighted by atomic mass is 16.1. The van der Waals surface area contributed by atoms with E-state index in [-0.39, 0.29) is 11.9 Å². The molecule has 1 aliphatic heterocycles. The predicted octanol–water partition coefficient (Wildman–Crippen LogP) is 0.208. The van der Waals surface area contributed by atoms with E-state index in [4.69, 9.17) is 17.2 Å². The molecule has 6 heteroatoms. The minimum absolute atomic E-state index is 0.237. The van der Waals surface area contributed by atoms with Crippen molar-refractivity contribution in [3.8, 4) is 0 Å². The topological polar surface area (TPSA) is 115 Å². The summed E-state index contributed by atoms with van der Waals surface area (Å²) < 4.78 is 0. The summed E-state index contributed by atoms with van der Waals surface area (Å²) in [7, 11) is 0. The quantitative estimate of drug-likeness (QED) is 0.681. The van der Waals surface area contributed by atoms with Crippen molar-refractivity contribution in [3.63, 3.8) is 0 Å². The molecule has 1 atom stereocenters. The first-order chi connectivity index (χ1) is 9.49.